The van der Waals surface area contributed by atoms with Crippen molar-refractivity contribution in [2.24, 2.45) is 62.1 Å². The third-order valence-corrected chi connectivity index (χ3v) is 15.5. The summed E-state index contributed by atoms with van der Waals surface area (Å²) >= 11 is 0. The van der Waals surface area contributed by atoms with Gasteiger partial charge in [-0.05, 0) is 130 Å². The second-order valence-electron chi connectivity index (χ2n) is 17.4. The number of esters is 1. The van der Waals surface area contributed by atoms with Gasteiger partial charge in [0.25, 0.3) is 0 Å². The number of hydrogen-bond acceptors (Lipinski definition) is 4. The second-order valence-corrected chi connectivity index (χ2v) is 17.4. The molecule has 0 spiro atoms. The zero-order valence-corrected chi connectivity index (χ0v) is 28.2. The van der Waals surface area contributed by atoms with Crippen molar-refractivity contribution in [2.45, 2.75) is 139 Å². The number of carboxylic acid groups (broad SMARTS) is 2. The summed E-state index contributed by atoms with van der Waals surface area (Å²) < 4.78 is 6.16. The van der Waals surface area contributed by atoms with Gasteiger partial charge in [0.05, 0.1) is 17.3 Å². The number of aliphatic carboxylic acids is 2. The third-order valence-electron chi connectivity index (χ3n) is 15.5. The van der Waals surface area contributed by atoms with Crippen LogP contribution < -0.4 is 0 Å². The van der Waals surface area contributed by atoms with Crippen LogP contribution in [0.25, 0.3) is 0 Å². The van der Waals surface area contributed by atoms with Gasteiger partial charge < -0.3 is 14.9 Å². The first-order chi connectivity index (χ1) is 19.8. The van der Waals surface area contributed by atoms with E-state index < -0.39 is 28.7 Å². The molecule has 5 saturated carbocycles. The Bertz CT molecular complexity index is 1190. The molecule has 0 aliphatic heterocycles. The van der Waals surface area contributed by atoms with Gasteiger partial charge in [-0.3, -0.25) is 14.4 Å². The maximum Gasteiger partial charge on any atom is 0.309 e. The van der Waals surface area contributed by atoms with Gasteiger partial charge in [0.2, 0.25) is 0 Å². The minimum Gasteiger partial charge on any atom is -0.481 e. The minimum atomic E-state index is -1.11. The summed E-state index contributed by atoms with van der Waals surface area (Å²) in [5.41, 5.74) is -0.440. The molecule has 6 heteroatoms. The van der Waals surface area contributed by atoms with Gasteiger partial charge in [0, 0.05) is 5.41 Å². The average molecular weight is 599 g/mol. The first kappa shape index (κ1) is 32.5. The zero-order valence-electron chi connectivity index (χ0n) is 28.2. The fraction of sp³-hybridized carbons (Fsp3) is 0.865. The van der Waals surface area contributed by atoms with Gasteiger partial charge in [-0.1, -0.05) is 53.7 Å². The van der Waals surface area contributed by atoms with E-state index in [1.165, 1.54) is 0 Å². The van der Waals surface area contributed by atoms with Gasteiger partial charge in [-0.25, -0.2) is 0 Å². The summed E-state index contributed by atoms with van der Waals surface area (Å²) in [5, 5.41) is 20.3. The molecule has 0 radical (unpaired) electrons. The minimum absolute atomic E-state index is 0.0838. The molecule has 6 nitrogen and oxygen atoms in total. The summed E-state index contributed by atoms with van der Waals surface area (Å²) in [5.74, 6) is -0.114. The van der Waals surface area contributed by atoms with Crippen molar-refractivity contribution in [3.05, 3.63) is 12.2 Å². The molecule has 0 aromatic carbocycles. The van der Waals surface area contributed by atoms with Gasteiger partial charge >= 0.3 is 17.9 Å². The lowest BCUT2D eigenvalue weighted by Gasteiger charge is -2.72. The van der Waals surface area contributed by atoms with Gasteiger partial charge in [-0.2, -0.15) is 0 Å². The van der Waals surface area contributed by atoms with Crippen LogP contribution in [0.2, 0.25) is 0 Å². The highest BCUT2D eigenvalue weighted by atomic mass is 16.5. The predicted octanol–water partition coefficient (Wildman–Crippen LogP) is 8.53. The Hall–Kier alpha value is -1.85. The predicted molar refractivity (Wildman–Crippen MR) is 167 cm³/mol. The monoisotopic (exact) mass is 598 g/mol. The van der Waals surface area contributed by atoms with Crippen LogP contribution in [0.4, 0.5) is 0 Å². The molecule has 5 rings (SSSR count). The molecule has 0 aromatic rings. The van der Waals surface area contributed by atoms with Crippen LogP contribution in [-0.2, 0) is 19.1 Å². The average Bonchev–Trinajstić information content (AvgIpc) is 3.32. The van der Waals surface area contributed by atoms with Crippen molar-refractivity contribution in [1.82, 2.24) is 0 Å². The quantitative estimate of drug-likeness (QED) is 0.225. The Labute approximate surface area is 259 Å². The van der Waals surface area contributed by atoms with E-state index in [4.69, 9.17) is 4.74 Å². The lowest BCUT2D eigenvalue weighted by molar-refractivity contribution is -0.250. The molecular formula is C37H58O6. The molecule has 0 unspecified atom stereocenters. The SMILES string of the molecule is C=C(C)[C@@H]1CC[C@]2(C(=O)O)CC[C@]3(C)[C@H](CC[C@@H]4[C@@]5(C)CC[C@H](OC(=O)C[C@](C)(CC)C(=O)O)C(C)(C)[C@@H]5CC[C@]43C)[C@@H]12. The highest BCUT2D eigenvalue weighted by molar-refractivity contribution is 5.82. The Kier molecular flexibility index (Phi) is 7.82. The van der Waals surface area contributed by atoms with E-state index in [1.54, 1.807) is 6.92 Å². The maximum absolute atomic E-state index is 13.1. The molecule has 5 fully saturated rings. The number of hydrogen-bond donors (Lipinski definition) is 2. The molecule has 0 amide bonds. The molecule has 11 atom stereocenters. The van der Waals surface area contributed by atoms with Crippen LogP contribution in [-0.4, -0.2) is 34.2 Å². The molecule has 43 heavy (non-hydrogen) atoms. The molecule has 0 aromatic heterocycles. The topological polar surface area (TPSA) is 101 Å². The van der Waals surface area contributed by atoms with E-state index in [1.807, 2.05) is 6.92 Å². The Morgan fingerprint density at radius 1 is 0.860 bits per heavy atom. The van der Waals surface area contributed by atoms with Crippen molar-refractivity contribution < 1.29 is 29.3 Å². The molecule has 0 saturated heterocycles. The number of carbonyl (C=O) groups excluding carboxylic acids is 1. The van der Waals surface area contributed by atoms with Crippen LogP contribution in [0.5, 0.6) is 0 Å². The van der Waals surface area contributed by atoms with E-state index in [0.29, 0.717) is 30.1 Å². The van der Waals surface area contributed by atoms with E-state index in [0.717, 1.165) is 69.8 Å². The summed E-state index contributed by atoms with van der Waals surface area (Å²) in [4.78, 5) is 37.9. The van der Waals surface area contributed by atoms with Crippen LogP contribution in [0, 0.1) is 62.1 Å². The number of carbonyl (C=O) groups is 3. The Morgan fingerprint density at radius 2 is 1.53 bits per heavy atom. The molecule has 5 aliphatic rings. The van der Waals surface area contributed by atoms with Crippen molar-refractivity contribution >= 4 is 17.9 Å². The maximum atomic E-state index is 13.1. The highest BCUT2D eigenvalue weighted by Gasteiger charge is 2.72. The van der Waals surface area contributed by atoms with Crippen LogP contribution in [0.1, 0.15) is 132 Å². The normalized spacial score (nSPS) is 46.2. The summed E-state index contributed by atoms with van der Waals surface area (Å²) in [6.07, 6.45) is 9.79. The lowest BCUT2D eigenvalue weighted by atomic mass is 9.32. The van der Waals surface area contributed by atoms with E-state index >= 15 is 0 Å². The molecule has 5 aliphatic carbocycles. The zero-order chi connectivity index (χ0) is 32.0. The molecule has 2 N–H and O–H groups in total. The van der Waals surface area contributed by atoms with E-state index in [9.17, 15) is 24.6 Å². The number of allylic oxidation sites excluding steroid dienone is 1. The Balaban J connectivity index is 1.41. The molecule has 0 heterocycles. The van der Waals surface area contributed by atoms with Gasteiger partial charge in [0.1, 0.15) is 6.10 Å². The molecule has 0 bridgehead atoms. The summed E-state index contributed by atoms with van der Waals surface area (Å²) in [7, 11) is 0. The van der Waals surface area contributed by atoms with Crippen LogP contribution >= 0.6 is 0 Å². The number of ether oxygens (including phenoxy) is 1. The largest absolute Gasteiger partial charge is 0.481 e. The Morgan fingerprint density at radius 3 is 2.12 bits per heavy atom. The van der Waals surface area contributed by atoms with Gasteiger partial charge in [-0.15, -0.1) is 0 Å². The van der Waals surface area contributed by atoms with Gasteiger partial charge in [0.15, 0.2) is 0 Å². The number of fused-ring (bicyclic) bond motifs is 7. The van der Waals surface area contributed by atoms with Crippen LogP contribution in [0.15, 0.2) is 12.2 Å². The van der Waals surface area contributed by atoms with E-state index in [2.05, 4.69) is 48.1 Å². The standard InChI is InChI=1S/C37H58O6/c1-10-33(6,30(39)40)21-28(38)43-27-15-16-34(7)25(32(27,4)5)14-17-36(9)26(34)12-11-24-29-23(22(2)3)13-18-37(29,31(41)42)20-19-35(24,36)8/h23-27,29H,2,10-21H2,1,3-9H3,(H,39,40)(H,41,42)/t23-,24+,25-,26+,27-,29+,33-,34-,35+,36+,37-/m0/s1. The second kappa shape index (κ2) is 10.3. The lowest BCUT2D eigenvalue weighted by Crippen LogP contribution is -2.67. The third kappa shape index (κ3) is 4.41. The van der Waals surface area contributed by atoms with Crippen LogP contribution in [0.3, 0.4) is 0 Å². The van der Waals surface area contributed by atoms with Crippen molar-refractivity contribution in [1.29, 1.82) is 0 Å². The molecule has 242 valence electrons. The fourth-order valence-corrected chi connectivity index (χ4v) is 12.6. The first-order valence-corrected chi connectivity index (χ1v) is 17.2. The van der Waals surface area contributed by atoms with Crippen molar-refractivity contribution in [2.75, 3.05) is 0 Å². The summed E-state index contributed by atoms with van der Waals surface area (Å²) in [6.45, 7) is 22.1. The highest BCUT2D eigenvalue weighted by Crippen LogP contribution is 2.77. The van der Waals surface area contributed by atoms with Crippen molar-refractivity contribution in [3.63, 3.8) is 0 Å². The first-order valence-electron chi connectivity index (χ1n) is 17.2. The number of rotatable bonds is 7. The smallest absolute Gasteiger partial charge is 0.309 e. The van der Waals surface area contributed by atoms with E-state index in [-0.39, 0.29) is 40.1 Å². The fourth-order valence-electron chi connectivity index (χ4n) is 12.6. The van der Waals surface area contributed by atoms with Crippen molar-refractivity contribution in [3.8, 4) is 0 Å². The number of carboxylic acids is 2. The summed E-state index contributed by atoms with van der Waals surface area (Å²) in [6, 6.07) is 0. The molecular weight excluding hydrogens is 540 g/mol.